The van der Waals surface area contributed by atoms with Gasteiger partial charge >= 0.3 is 6.03 Å². The predicted molar refractivity (Wildman–Crippen MR) is 126 cm³/mol. The Hall–Kier alpha value is -3.86. The lowest BCUT2D eigenvalue weighted by molar-refractivity contribution is 0.205. The van der Waals surface area contributed by atoms with Crippen molar-refractivity contribution in [2.24, 2.45) is 0 Å². The highest BCUT2D eigenvalue weighted by Gasteiger charge is 2.17. The fraction of sp³-hybridized carbons (Fsp3) is 0.148. The summed E-state index contributed by atoms with van der Waals surface area (Å²) >= 11 is 0. The van der Waals surface area contributed by atoms with Crippen LogP contribution in [0, 0.1) is 12.7 Å². The molecular formula is C27H26FN3O. The van der Waals surface area contributed by atoms with Crippen LogP contribution in [0.15, 0.2) is 97.2 Å². The van der Waals surface area contributed by atoms with Crippen LogP contribution >= 0.6 is 0 Å². The number of anilines is 1. The molecule has 0 aliphatic rings. The second-order valence-electron chi connectivity index (χ2n) is 7.84. The van der Waals surface area contributed by atoms with E-state index in [4.69, 9.17) is 0 Å². The minimum atomic E-state index is -0.385. The molecule has 0 saturated heterocycles. The predicted octanol–water partition coefficient (Wildman–Crippen LogP) is 6.22. The number of hydrogen-bond acceptors (Lipinski definition) is 1. The van der Waals surface area contributed by atoms with Gasteiger partial charge in [0.25, 0.3) is 0 Å². The van der Waals surface area contributed by atoms with E-state index in [1.165, 1.54) is 23.3 Å². The number of nitrogens with one attached hydrogen (secondary N) is 1. The zero-order valence-electron chi connectivity index (χ0n) is 18.0. The van der Waals surface area contributed by atoms with Crippen molar-refractivity contribution in [3.8, 4) is 0 Å². The summed E-state index contributed by atoms with van der Waals surface area (Å²) in [6.07, 6.45) is 2.03. The molecule has 0 unspecified atom stereocenters. The van der Waals surface area contributed by atoms with Crippen LogP contribution in [0.2, 0.25) is 0 Å². The molecule has 1 aromatic heterocycles. The molecule has 4 nitrogen and oxygen atoms in total. The molecule has 0 saturated carbocycles. The van der Waals surface area contributed by atoms with Crippen LogP contribution in [-0.4, -0.2) is 15.5 Å². The highest BCUT2D eigenvalue weighted by atomic mass is 19.1. The number of halogens is 1. The first-order chi connectivity index (χ1) is 15.6. The fourth-order valence-electron chi connectivity index (χ4n) is 3.69. The minimum Gasteiger partial charge on any atom is -0.345 e. The van der Waals surface area contributed by atoms with Crippen LogP contribution < -0.4 is 5.32 Å². The van der Waals surface area contributed by atoms with Crippen LogP contribution in [0.3, 0.4) is 0 Å². The summed E-state index contributed by atoms with van der Waals surface area (Å²) in [4.78, 5) is 14.9. The van der Waals surface area contributed by atoms with E-state index in [1.807, 2.05) is 60.8 Å². The van der Waals surface area contributed by atoms with Crippen molar-refractivity contribution in [2.45, 2.75) is 26.6 Å². The van der Waals surface area contributed by atoms with Gasteiger partial charge in [0.05, 0.1) is 6.54 Å². The largest absolute Gasteiger partial charge is 0.345 e. The number of carbonyl (C=O) groups is 1. The third-order valence-electron chi connectivity index (χ3n) is 5.46. The minimum absolute atomic E-state index is 0.275. The molecular weight excluding hydrogens is 401 g/mol. The summed E-state index contributed by atoms with van der Waals surface area (Å²) in [6.45, 7) is 3.71. The summed E-state index contributed by atoms with van der Waals surface area (Å²) in [5.74, 6) is -0.385. The summed E-state index contributed by atoms with van der Waals surface area (Å²) < 4.78 is 15.8. The number of aryl methyl sites for hydroxylation is 1. The number of hydrogen-bond donors (Lipinski definition) is 1. The van der Waals surface area contributed by atoms with Crippen LogP contribution in [0.5, 0.6) is 0 Å². The molecule has 0 fully saturated rings. The molecule has 162 valence electrons. The second-order valence-corrected chi connectivity index (χ2v) is 7.84. The van der Waals surface area contributed by atoms with E-state index in [1.54, 1.807) is 17.0 Å². The fourth-order valence-corrected chi connectivity index (χ4v) is 3.69. The van der Waals surface area contributed by atoms with Gasteiger partial charge in [-0.3, -0.25) is 0 Å². The van der Waals surface area contributed by atoms with Gasteiger partial charge in [-0.15, -0.1) is 0 Å². The number of carbonyl (C=O) groups excluding carboxylic acids is 1. The van der Waals surface area contributed by atoms with Crippen molar-refractivity contribution >= 4 is 11.7 Å². The number of benzene rings is 3. The normalized spacial score (nSPS) is 10.7. The Bertz CT molecular complexity index is 1190. The van der Waals surface area contributed by atoms with Gasteiger partial charge in [0, 0.05) is 30.7 Å². The van der Waals surface area contributed by atoms with E-state index in [0.29, 0.717) is 18.8 Å². The number of aromatic nitrogens is 1. The third-order valence-corrected chi connectivity index (χ3v) is 5.46. The van der Waals surface area contributed by atoms with Gasteiger partial charge in [-0.2, -0.15) is 0 Å². The van der Waals surface area contributed by atoms with Gasteiger partial charge in [0.1, 0.15) is 5.82 Å². The van der Waals surface area contributed by atoms with Gasteiger partial charge in [0.15, 0.2) is 0 Å². The van der Waals surface area contributed by atoms with Crippen LogP contribution in [0.4, 0.5) is 14.9 Å². The first kappa shape index (κ1) is 21.4. The maximum atomic E-state index is 13.6. The average molecular weight is 428 g/mol. The van der Waals surface area contributed by atoms with Crippen molar-refractivity contribution < 1.29 is 9.18 Å². The number of rotatable bonds is 7. The van der Waals surface area contributed by atoms with E-state index in [9.17, 15) is 9.18 Å². The van der Waals surface area contributed by atoms with E-state index in [0.717, 1.165) is 17.8 Å². The second kappa shape index (κ2) is 9.96. The first-order valence-corrected chi connectivity index (χ1v) is 10.6. The Morgan fingerprint density at radius 3 is 2.47 bits per heavy atom. The van der Waals surface area contributed by atoms with E-state index < -0.39 is 0 Å². The van der Waals surface area contributed by atoms with Crippen LogP contribution in [-0.2, 0) is 19.6 Å². The Morgan fingerprint density at radius 2 is 1.69 bits per heavy atom. The molecule has 0 atom stereocenters. The maximum Gasteiger partial charge on any atom is 0.322 e. The Morgan fingerprint density at radius 1 is 0.906 bits per heavy atom. The smallest absolute Gasteiger partial charge is 0.322 e. The molecule has 1 N–H and O–H groups in total. The topological polar surface area (TPSA) is 37.3 Å². The molecule has 32 heavy (non-hydrogen) atoms. The van der Waals surface area contributed by atoms with E-state index in [-0.39, 0.29) is 11.8 Å². The summed E-state index contributed by atoms with van der Waals surface area (Å²) in [7, 11) is 0. The Balaban J connectivity index is 1.56. The van der Waals surface area contributed by atoms with Gasteiger partial charge < -0.3 is 14.8 Å². The molecule has 4 aromatic rings. The van der Waals surface area contributed by atoms with Crippen molar-refractivity contribution in [1.82, 2.24) is 9.47 Å². The van der Waals surface area contributed by atoms with Crippen molar-refractivity contribution in [2.75, 3.05) is 5.32 Å². The molecule has 0 bridgehead atoms. The molecule has 3 aromatic carbocycles. The number of amides is 2. The third kappa shape index (κ3) is 5.43. The van der Waals surface area contributed by atoms with Crippen molar-refractivity contribution in [3.63, 3.8) is 0 Å². The monoisotopic (exact) mass is 427 g/mol. The Kier molecular flexibility index (Phi) is 6.66. The summed E-state index contributed by atoms with van der Waals surface area (Å²) in [5, 5.41) is 2.83. The van der Waals surface area contributed by atoms with Crippen molar-refractivity contribution in [3.05, 3.63) is 125 Å². The molecule has 4 rings (SSSR count). The number of nitrogens with zero attached hydrogens (tertiary/aromatic N) is 2. The quantitative estimate of drug-likeness (QED) is 0.374. The van der Waals surface area contributed by atoms with Gasteiger partial charge in [-0.25, -0.2) is 9.18 Å². The molecule has 0 aliphatic carbocycles. The lowest BCUT2D eigenvalue weighted by Gasteiger charge is -2.24. The van der Waals surface area contributed by atoms with E-state index >= 15 is 0 Å². The van der Waals surface area contributed by atoms with Gasteiger partial charge in [-0.1, -0.05) is 60.7 Å². The SMILES string of the molecule is Cc1ccccc1Cn1cccc1CN(Cc1ccccc1)C(=O)Nc1cccc(F)c1. The zero-order chi connectivity index (χ0) is 22.3. The molecule has 0 radical (unpaired) electrons. The Labute approximate surface area is 187 Å². The number of urea groups is 1. The molecule has 0 spiro atoms. The molecule has 5 heteroatoms. The van der Waals surface area contributed by atoms with Gasteiger partial charge in [-0.05, 0) is 53.9 Å². The summed E-state index contributed by atoms with van der Waals surface area (Å²) in [5.41, 5.74) is 4.96. The lowest BCUT2D eigenvalue weighted by Crippen LogP contribution is -2.34. The molecule has 2 amide bonds. The highest BCUT2D eigenvalue weighted by molar-refractivity contribution is 5.89. The highest BCUT2D eigenvalue weighted by Crippen LogP contribution is 2.17. The van der Waals surface area contributed by atoms with E-state index in [2.05, 4.69) is 28.9 Å². The molecule has 0 aliphatic heterocycles. The lowest BCUT2D eigenvalue weighted by atomic mass is 10.1. The maximum absolute atomic E-state index is 13.6. The average Bonchev–Trinajstić information content (AvgIpc) is 3.22. The van der Waals surface area contributed by atoms with Crippen molar-refractivity contribution in [1.29, 1.82) is 0 Å². The van der Waals surface area contributed by atoms with Gasteiger partial charge in [0.2, 0.25) is 0 Å². The van der Waals surface area contributed by atoms with Crippen LogP contribution in [0.1, 0.15) is 22.4 Å². The zero-order valence-corrected chi connectivity index (χ0v) is 18.0. The molecule has 1 heterocycles. The summed E-state index contributed by atoms with van der Waals surface area (Å²) in [6, 6.07) is 27.9. The first-order valence-electron chi connectivity index (χ1n) is 10.6. The van der Waals surface area contributed by atoms with Crippen LogP contribution in [0.25, 0.3) is 0 Å². The standard InChI is InChI=1S/C27H26FN3O/c1-21-9-5-6-12-23(21)19-30-16-8-15-26(30)20-31(18-22-10-3-2-4-11-22)27(32)29-25-14-7-13-24(28)17-25/h2-17H,18-20H2,1H3,(H,29,32).